The minimum Gasteiger partial charge on any atom is -0.421 e. The Morgan fingerprint density at radius 2 is 2.04 bits per heavy atom. The van der Waals surface area contributed by atoms with E-state index in [1.54, 1.807) is 44.4 Å². The zero-order valence-electron chi connectivity index (χ0n) is 14.8. The van der Waals surface area contributed by atoms with Crippen molar-refractivity contribution in [2.24, 2.45) is 7.05 Å². The molecule has 0 unspecified atom stereocenters. The molecule has 3 rings (SSSR count). The Balaban J connectivity index is 2.06. The molecule has 7 heteroatoms. The van der Waals surface area contributed by atoms with Crippen LogP contribution in [-0.2, 0) is 7.05 Å². The predicted octanol–water partition coefficient (Wildman–Crippen LogP) is 3.51. The molecule has 0 aliphatic rings. The van der Waals surface area contributed by atoms with Gasteiger partial charge in [0.1, 0.15) is 5.82 Å². The minimum absolute atomic E-state index is 0.0282. The molecule has 1 N–H and O–H groups in total. The number of anilines is 1. The Kier molecular flexibility index (Phi) is 4.97. The third-order valence-corrected chi connectivity index (χ3v) is 3.80. The van der Waals surface area contributed by atoms with Crippen LogP contribution in [0, 0.1) is 12.7 Å². The molecule has 0 bridgehead atoms. The minimum atomic E-state index is -0.480. The maximum Gasteiger partial charge on any atom is 0.324 e. The van der Waals surface area contributed by atoms with Gasteiger partial charge in [0.05, 0.1) is 5.69 Å². The molecule has 1 aromatic carbocycles. The summed E-state index contributed by atoms with van der Waals surface area (Å²) in [6, 6.07) is 9.61. The highest BCUT2D eigenvalue weighted by Crippen LogP contribution is 2.28. The SMILES string of the molecule is CCNc1cc(-c2ccc(=O)n(C)c2)nc(Oc2c(C)cccc2F)n1. The maximum absolute atomic E-state index is 14.1. The summed E-state index contributed by atoms with van der Waals surface area (Å²) in [6.07, 6.45) is 1.68. The van der Waals surface area contributed by atoms with Crippen molar-refractivity contribution in [3.05, 3.63) is 64.3 Å². The molecular formula is C19H19FN4O2. The Morgan fingerprint density at radius 3 is 2.73 bits per heavy atom. The van der Waals surface area contributed by atoms with Crippen molar-refractivity contribution in [2.45, 2.75) is 13.8 Å². The fourth-order valence-electron chi connectivity index (χ4n) is 2.47. The first-order chi connectivity index (χ1) is 12.5. The number of hydrogen-bond donors (Lipinski definition) is 1. The van der Waals surface area contributed by atoms with Gasteiger partial charge in [-0.3, -0.25) is 4.79 Å². The number of pyridine rings is 1. The van der Waals surface area contributed by atoms with Gasteiger partial charge in [0.2, 0.25) is 5.56 Å². The van der Waals surface area contributed by atoms with Gasteiger partial charge in [0.15, 0.2) is 11.6 Å². The van der Waals surface area contributed by atoms with Gasteiger partial charge in [-0.05, 0) is 31.5 Å². The van der Waals surface area contributed by atoms with Crippen LogP contribution < -0.4 is 15.6 Å². The Hall–Kier alpha value is -3.22. The van der Waals surface area contributed by atoms with E-state index < -0.39 is 5.82 Å². The van der Waals surface area contributed by atoms with Gasteiger partial charge >= 0.3 is 6.01 Å². The van der Waals surface area contributed by atoms with Gasteiger partial charge in [-0.1, -0.05) is 12.1 Å². The fourth-order valence-corrected chi connectivity index (χ4v) is 2.47. The molecule has 6 nitrogen and oxygen atoms in total. The van der Waals surface area contributed by atoms with Crippen LogP contribution in [0.5, 0.6) is 11.8 Å². The maximum atomic E-state index is 14.1. The number of rotatable bonds is 5. The van der Waals surface area contributed by atoms with E-state index >= 15 is 0 Å². The molecule has 0 spiro atoms. The predicted molar refractivity (Wildman–Crippen MR) is 98.1 cm³/mol. The lowest BCUT2D eigenvalue weighted by Gasteiger charge is -2.12. The van der Waals surface area contributed by atoms with Crippen LogP contribution in [0.25, 0.3) is 11.3 Å². The summed E-state index contributed by atoms with van der Waals surface area (Å²) < 4.78 is 21.2. The fraction of sp³-hybridized carbons (Fsp3) is 0.211. The molecule has 0 atom stereocenters. The van der Waals surface area contributed by atoms with Crippen LogP contribution in [0.15, 0.2) is 47.4 Å². The highest BCUT2D eigenvalue weighted by Gasteiger charge is 2.13. The highest BCUT2D eigenvalue weighted by atomic mass is 19.1. The Morgan fingerprint density at radius 1 is 1.23 bits per heavy atom. The summed E-state index contributed by atoms with van der Waals surface area (Å²) >= 11 is 0. The summed E-state index contributed by atoms with van der Waals surface area (Å²) in [6.45, 7) is 4.35. The first kappa shape index (κ1) is 17.6. The molecule has 134 valence electrons. The van der Waals surface area contributed by atoms with E-state index in [1.807, 2.05) is 6.92 Å². The summed E-state index contributed by atoms with van der Waals surface area (Å²) in [5.74, 6) is 0.161. The number of halogens is 1. The second-order valence-corrected chi connectivity index (χ2v) is 5.81. The topological polar surface area (TPSA) is 69.0 Å². The number of benzene rings is 1. The first-order valence-corrected chi connectivity index (χ1v) is 8.21. The van der Waals surface area contributed by atoms with E-state index in [1.165, 1.54) is 16.7 Å². The molecule has 0 saturated carbocycles. The van der Waals surface area contributed by atoms with E-state index in [-0.39, 0.29) is 17.3 Å². The third-order valence-electron chi connectivity index (χ3n) is 3.80. The molecular weight excluding hydrogens is 335 g/mol. The normalized spacial score (nSPS) is 10.6. The van der Waals surface area contributed by atoms with E-state index in [0.717, 1.165) is 5.56 Å². The molecule has 0 aliphatic carbocycles. The lowest BCUT2D eigenvalue weighted by Crippen LogP contribution is -2.14. The molecule has 2 heterocycles. The average molecular weight is 354 g/mol. The van der Waals surface area contributed by atoms with Crippen molar-refractivity contribution in [3.8, 4) is 23.0 Å². The van der Waals surface area contributed by atoms with Crippen molar-refractivity contribution >= 4 is 5.82 Å². The van der Waals surface area contributed by atoms with Gasteiger partial charge < -0.3 is 14.6 Å². The molecule has 0 radical (unpaired) electrons. The lowest BCUT2D eigenvalue weighted by molar-refractivity contribution is 0.409. The van der Waals surface area contributed by atoms with Gasteiger partial charge in [-0.25, -0.2) is 4.39 Å². The van der Waals surface area contributed by atoms with Crippen LogP contribution in [0.4, 0.5) is 10.2 Å². The van der Waals surface area contributed by atoms with Crippen molar-refractivity contribution in [1.29, 1.82) is 0 Å². The monoisotopic (exact) mass is 354 g/mol. The number of ether oxygens (including phenoxy) is 1. The van der Waals surface area contributed by atoms with Gasteiger partial charge in [-0.15, -0.1) is 0 Å². The Labute approximate surface area is 150 Å². The zero-order chi connectivity index (χ0) is 18.7. The van der Waals surface area contributed by atoms with Crippen LogP contribution in [-0.4, -0.2) is 21.1 Å². The van der Waals surface area contributed by atoms with E-state index in [2.05, 4.69) is 15.3 Å². The molecule has 3 aromatic rings. The van der Waals surface area contributed by atoms with Gasteiger partial charge in [0, 0.05) is 37.5 Å². The molecule has 0 amide bonds. The number of aromatic nitrogens is 3. The highest BCUT2D eigenvalue weighted by molar-refractivity contribution is 5.62. The third kappa shape index (κ3) is 3.72. The smallest absolute Gasteiger partial charge is 0.324 e. The standard InChI is InChI=1S/C19H19FN4O2/c1-4-21-16-10-15(13-8-9-17(25)24(3)11-13)22-19(23-16)26-18-12(2)6-5-7-14(18)20/h5-11H,4H2,1-3H3,(H,21,22,23). The summed E-state index contributed by atoms with van der Waals surface area (Å²) in [5, 5.41) is 3.11. The van der Waals surface area contributed by atoms with Crippen molar-refractivity contribution < 1.29 is 9.13 Å². The largest absolute Gasteiger partial charge is 0.421 e. The number of para-hydroxylation sites is 1. The quantitative estimate of drug-likeness (QED) is 0.759. The summed E-state index contributed by atoms with van der Waals surface area (Å²) in [4.78, 5) is 20.3. The van der Waals surface area contributed by atoms with Crippen LogP contribution in [0.3, 0.4) is 0 Å². The number of nitrogens with one attached hydrogen (secondary N) is 1. The van der Waals surface area contributed by atoms with E-state index in [9.17, 15) is 9.18 Å². The second kappa shape index (κ2) is 7.35. The first-order valence-electron chi connectivity index (χ1n) is 8.21. The second-order valence-electron chi connectivity index (χ2n) is 5.81. The van der Waals surface area contributed by atoms with E-state index in [0.29, 0.717) is 23.6 Å². The molecule has 0 saturated heterocycles. The summed E-state index contributed by atoms with van der Waals surface area (Å²) in [5.41, 5.74) is 1.82. The van der Waals surface area contributed by atoms with Crippen molar-refractivity contribution in [2.75, 3.05) is 11.9 Å². The zero-order valence-corrected chi connectivity index (χ0v) is 14.8. The van der Waals surface area contributed by atoms with Crippen LogP contribution in [0.2, 0.25) is 0 Å². The lowest BCUT2D eigenvalue weighted by atomic mass is 10.2. The van der Waals surface area contributed by atoms with E-state index in [4.69, 9.17) is 4.74 Å². The molecule has 26 heavy (non-hydrogen) atoms. The number of hydrogen-bond acceptors (Lipinski definition) is 5. The average Bonchev–Trinajstić information content (AvgIpc) is 2.61. The van der Waals surface area contributed by atoms with Crippen molar-refractivity contribution in [3.63, 3.8) is 0 Å². The van der Waals surface area contributed by atoms with Crippen LogP contribution in [0.1, 0.15) is 12.5 Å². The van der Waals surface area contributed by atoms with Gasteiger partial charge in [-0.2, -0.15) is 9.97 Å². The number of nitrogens with zero attached hydrogens (tertiary/aromatic N) is 3. The number of aryl methyl sites for hydroxylation is 2. The van der Waals surface area contributed by atoms with Crippen molar-refractivity contribution in [1.82, 2.24) is 14.5 Å². The van der Waals surface area contributed by atoms with Gasteiger partial charge in [0.25, 0.3) is 0 Å². The molecule has 2 aromatic heterocycles. The Bertz CT molecular complexity index is 981. The molecule has 0 aliphatic heterocycles. The summed E-state index contributed by atoms with van der Waals surface area (Å²) in [7, 11) is 1.67. The van der Waals surface area contributed by atoms with Crippen LogP contribution >= 0.6 is 0 Å². The molecule has 0 fully saturated rings.